The number of carbonyl (C=O) groups excluding carboxylic acids is 2. The van der Waals surface area contributed by atoms with Gasteiger partial charge in [-0.3, -0.25) is 9.59 Å². The van der Waals surface area contributed by atoms with E-state index in [4.69, 9.17) is 0 Å². The van der Waals surface area contributed by atoms with E-state index in [1.54, 1.807) is 55.3 Å². The van der Waals surface area contributed by atoms with Gasteiger partial charge in [-0.15, -0.1) is 0 Å². The third kappa shape index (κ3) is 5.17. The number of benzene rings is 2. The molecular weight excluding hydrogens is 344 g/mol. The Morgan fingerprint density at radius 2 is 1.70 bits per heavy atom. The van der Waals surface area contributed by atoms with Crippen molar-refractivity contribution >= 4 is 23.5 Å². The molecule has 0 heterocycles. The van der Waals surface area contributed by atoms with Crippen LogP contribution >= 0.6 is 0 Å². The Bertz CT molecular complexity index is 857. The number of hydrogen-bond acceptors (Lipinski definition) is 3. The van der Waals surface area contributed by atoms with E-state index in [0.717, 1.165) is 11.1 Å². The van der Waals surface area contributed by atoms with Crippen molar-refractivity contribution in [2.75, 3.05) is 12.4 Å². The molecule has 0 unspecified atom stereocenters. The smallest absolute Gasteiger partial charge is 0.337 e. The first-order valence-corrected chi connectivity index (χ1v) is 8.68. The molecule has 0 aromatic heterocycles. The number of aryl methyl sites for hydroxylation is 1. The number of nitrogens with zero attached hydrogens (tertiary/aromatic N) is 1. The second-order valence-electron chi connectivity index (χ2n) is 6.85. The highest BCUT2D eigenvalue weighted by Crippen LogP contribution is 2.19. The quantitative estimate of drug-likeness (QED) is 0.816. The lowest BCUT2D eigenvalue weighted by molar-refractivity contribution is -0.133. The molecule has 0 atom stereocenters. The number of nitrogens with one attached hydrogen (secondary N) is 1. The Hall–Kier alpha value is -3.15. The Balaban J connectivity index is 2.10. The molecule has 0 saturated carbocycles. The van der Waals surface area contributed by atoms with Gasteiger partial charge in [-0.25, -0.2) is 4.79 Å². The molecule has 0 radical (unpaired) electrons. The van der Waals surface area contributed by atoms with Crippen LogP contribution in [0, 0.1) is 12.8 Å². The summed E-state index contributed by atoms with van der Waals surface area (Å²) in [5.74, 6) is -1.50. The van der Waals surface area contributed by atoms with Crippen molar-refractivity contribution in [3.63, 3.8) is 0 Å². The van der Waals surface area contributed by atoms with Crippen LogP contribution in [-0.4, -0.2) is 34.8 Å². The summed E-state index contributed by atoms with van der Waals surface area (Å²) in [5, 5.41) is 11.9. The first kappa shape index (κ1) is 20.2. The van der Waals surface area contributed by atoms with E-state index in [2.05, 4.69) is 5.32 Å². The minimum Gasteiger partial charge on any atom is -0.478 e. The first-order chi connectivity index (χ1) is 12.7. The third-order valence-electron chi connectivity index (χ3n) is 4.16. The average molecular weight is 368 g/mol. The fourth-order valence-corrected chi connectivity index (χ4v) is 2.69. The summed E-state index contributed by atoms with van der Waals surface area (Å²) in [6, 6.07) is 11.7. The molecule has 0 spiro atoms. The van der Waals surface area contributed by atoms with Crippen LogP contribution in [0.4, 0.5) is 5.69 Å². The maximum absolute atomic E-state index is 12.4. The number of rotatable bonds is 6. The van der Waals surface area contributed by atoms with Crippen LogP contribution < -0.4 is 5.32 Å². The molecular formula is C21H24N2O4. The molecule has 0 aliphatic heterocycles. The Morgan fingerprint density at radius 3 is 2.26 bits per heavy atom. The van der Waals surface area contributed by atoms with Crippen molar-refractivity contribution in [1.29, 1.82) is 0 Å². The number of anilines is 1. The van der Waals surface area contributed by atoms with Gasteiger partial charge >= 0.3 is 5.97 Å². The van der Waals surface area contributed by atoms with Crippen LogP contribution in [0.15, 0.2) is 42.5 Å². The molecule has 2 rings (SSSR count). The number of hydrogen-bond donors (Lipinski definition) is 2. The van der Waals surface area contributed by atoms with Crippen molar-refractivity contribution in [3.8, 4) is 0 Å². The van der Waals surface area contributed by atoms with Gasteiger partial charge in [0.15, 0.2) is 0 Å². The number of amides is 2. The normalized spacial score (nSPS) is 10.6. The van der Waals surface area contributed by atoms with Crippen LogP contribution in [0.25, 0.3) is 0 Å². The van der Waals surface area contributed by atoms with Gasteiger partial charge in [-0.2, -0.15) is 0 Å². The lowest BCUT2D eigenvalue weighted by Crippen LogP contribution is -2.29. The molecule has 0 fully saturated rings. The van der Waals surface area contributed by atoms with Crippen molar-refractivity contribution < 1.29 is 19.5 Å². The number of carboxylic acid groups (broad SMARTS) is 1. The maximum Gasteiger partial charge on any atom is 0.337 e. The summed E-state index contributed by atoms with van der Waals surface area (Å²) in [7, 11) is 1.74. The average Bonchev–Trinajstić information content (AvgIpc) is 2.62. The van der Waals surface area contributed by atoms with Crippen LogP contribution in [0.1, 0.15) is 45.7 Å². The summed E-state index contributed by atoms with van der Waals surface area (Å²) in [5.41, 5.74) is 2.42. The second-order valence-corrected chi connectivity index (χ2v) is 6.85. The summed E-state index contributed by atoms with van der Waals surface area (Å²) < 4.78 is 0. The van der Waals surface area contributed by atoms with Gasteiger partial charge in [0.1, 0.15) is 0 Å². The van der Waals surface area contributed by atoms with Crippen molar-refractivity contribution in [1.82, 2.24) is 4.90 Å². The Kier molecular flexibility index (Phi) is 6.34. The lowest BCUT2D eigenvalue weighted by Gasteiger charge is -2.19. The van der Waals surface area contributed by atoms with Crippen LogP contribution in [0.3, 0.4) is 0 Å². The molecule has 6 heteroatoms. The zero-order chi connectivity index (χ0) is 20.1. The fourth-order valence-electron chi connectivity index (χ4n) is 2.69. The predicted octanol–water partition coefficient (Wildman–Crippen LogP) is 3.56. The molecule has 6 nitrogen and oxygen atoms in total. The molecule has 142 valence electrons. The highest BCUT2D eigenvalue weighted by atomic mass is 16.4. The zero-order valence-electron chi connectivity index (χ0n) is 15.9. The predicted molar refractivity (Wildman–Crippen MR) is 104 cm³/mol. The molecule has 0 aliphatic rings. The Labute approximate surface area is 158 Å². The van der Waals surface area contributed by atoms with E-state index in [-0.39, 0.29) is 29.0 Å². The standard InChI is InChI=1S/C21H24N2O4/c1-13(2)20(25)23(4)12-15-6-8-16(9-7-15)19(24)22-18-10-5-14(3)11-17(18)21(26)27/h5-11,13H,12H2,1-4H3,(H,22,24)(H,26,27). The molecule has 0 saturated heterocycles. The minimum absolute atomic E-state index is 0.0498. The number of aromatic carboxylic acids is 1. The van der Waals surface area contributed by atoms with Gasteiger partial charge in [-0.1, -0.05) is 37.6 Å². The number of carbonyl (C=O) groups is 3. The first-order valence-electron chi connectivity index (χ1n) is 8.68. The topological polar surface area (TPSA) is 86.7 Å². The van der Waals surface area contributed by atoms with Crippen LogP contribution in [0.2, 0.25) is 0 Å². The SMILES string of the molecule is Cc1ccc(NC(=O)c2ccc(CN(C)C(=O)C(C)C)cc2)c(C(=O)O)c1. The highest BCUT2D eigenvalue weighted by Gasteiger charge is 2.15. The highest BCUT2D eigenvalue weighted by molar-refractivity contribution is 6.07. The zero-order valence-corrected chi connectivity index (χ0v) is 15.9. The van der Waals surface area contributed by atoms with Gasteiger partial charge < -0.3 is 15.3 Å². The maximum atomic E-state index is 12.4. The molecule has 0 bridgehead atoms. The second kappa shape index (κ2) is 8.49. The van der Waals surface area contributed by atoms with E-state index in [1.807, 2.05) is 13.8 Å². The van der Waals surface area contributed by atoms with Gasteiger partial charge in [0.2, 0.25) is 5.91 Å². The molecule has 0 aliphatic carbocycles. The molecule has 2 aromatic rings. The Morgan fingerprint density at radius 1 is 1.07 bits per heavy atom. The summed E-state index contributed by atoms with van der Waals surface area (Å²) in [6.07, 6.45) is 0. The van der Waals surface area contributed by atoms with Crippen LogP contribution in [-0.2, 0) is 11.3 Å². The molecule has 2 amide bonds. The van der Waals surface area contributed by atoms with E-state index < -0.39 is 5.97 Å². The van der Waals surface area contributed by atoms with Gasteiger partial charge in [0.05, 0.1) is 11.3 Å². The minimum atomic E-state index is -1.10. The molecule has 27 heavy (non-hydrogen) atoms. The van der Waals surface area contributed by atoms with Gasteiger partial charge in [0.25, 0.3) is 5.91 Å². The number of carboxylic acids is 1. The van der Waals surface area contributed by atoms with Crippen molar-refractivity contribution in [3.05, 3.63) is 64.7 Å². The van der Waals surface area contributed by atoms with E-state index in [0.29, 0.717) is 12.1 Å². The summed E-state index contributed by atoms with van der Waals surface area (Å²) >= 11 is 0. The van der Waals surface area contributed by atoms with E-state index in [9.17, 15) is 19.5 Å². The summed E-state index contributed by atoms with van der Waals surface area (Å²) in [4.78, 5) is 37.4. The van der Waals surface area contributed by atoms with Crippen molar-refractivity contribution in [2.24, 2.45) is 5.92 Å². The lowest BCUT2D eigenvalue weighted by atomic mass is 10.1. The van der Waals surface area contributed by atoms with Crippen LogP contribution in [0.5, 0.6) is 0 Å². The van der Waals surface area contributed by atoms with Gasteiger partial charge in [-0.05, 0) is 36.8 Å². The van der Waals surface area contributed by atoms with Gasteiger partial charge in [0, 0.05) is 25.1 Å². The monoisotopic (exact) mass is 368 g/mol. The molecule has 2 aromatic carbocycles. The van der Waals surface area contributed by atoms with Crippen molar-refractivity contribution in [2.45, 2.75) is 27.3 Å². The largest absolute Gasteiger partial charge is 0.478 e. The molecule has 2 N–H and O–H groups in total. The van der Waals surface area contributed by atoms with E-state index >= 15 is 0 Å². The summed E-state index contributed by atoms with van der Waals surface area (Å²) in [6.45, 7) is 5.95. The third-order valence-corrected chi connectivity index (χ3v) is 4.16. The fraction of sp³-hybridized carbons (Fsp3) is 0.286. The van der Waals surface area contributed by atoms with E-state index in [1.165, 1.54) is 6.07 Å².